The van der Waals surface area contributed by atoms with E-state index in [1.54, 1.807) is 13.0 Å². The van der Waals surface area contributed by atoms with Gasteiger partial charge in [-0.05, 0) is 11.6 Å². The molecule has 6 heteroatoms. The molecule has 0 fully saturated rings. The van der Waals surface area contributed by atoms with Gasteiger partial charge in [0.15, 0.2) is 21.3 Å². The summed E-state index contributed by atoms with van der Waals surface area (Å²) in [7, 11) is -3.37. The Morgan fingerprint density at radius 1 is 1.28 bits per heavy atom. The molecular formula is C12H16O5S. The van der Waals surface area contributed by atoms with Crippen molar-refractivity contribution in [2.75, 3.05) is 26.1 Å². The summed E-state index contributed by atoms with van der Waals surface area (Å²) in [6.45, 7) is 2.49. The van der Waals surface area contributed by atoms with E-state index in [-0.39, 0.29) is 17.4 Å². The van der Waals surface area contributed by atoms with Crippen molar-refractivity contribution >= 4 is 9.84 Å². The third kappa shape index (κ3) is 2.44. The van der Waals surface area contributed by atoms with Crippen molar-refractivity contribution in [3.8, 4) is 11.5 Å². The lowest BCUT2D eigenvalue weighted by molar-refractivity contribution is 0.170. The van der Waals surface area contributed by atoms with Crippen LogP contribution < -0.4 is 9.47 Å². The van der Waals surface area contributed by atoms with Gasteiger partial charge >= 0.3 is 0 Å². The number of ether oxygens (including phenoxy) is 2. The number of hydrogen-bond donors (Lipinski definition) is 1. The van der Waals surface area contributed by atoms with Crippen LogP contribution in [0.3, 0.4) is 0 Å². The van der Waals surface area contributed by atoms with Crippen LogP contribution >= 0.6 is 0 Å². The minimum absolute atomic E-state index is 0.123. The zero-order valence-corrected chi connectivity index (χ0v) is 11.2. The predicted molar refractivity (Wildman–Crippen MR) is 66.0 cm³/mol. The molecule has 1 aliphatic heterocycles. The van der Waals surface area contributed by atoms with Crippen molar-refractivity contribution in [1.82, 2.24) is 0 Å². The van der Waals surface area contributed by atoms with Crippen LogP contribution in [0, 0.1) is 0 Å². The molecule has 2 rings (SSSR count). The van der Waals surface area contributed by atoms with Crippen LogP contribution in [0.1, 0.15) is 18.4 Å². The fourth-order valence-corrected chi connectivity index (χ4v) is 2.90. The van der Waals surface area contributed by atoms with Gasteiger partial charge in [0.1, 0.15) is 13.2 Å². The second-order valence-electron chi connectivity index (χ2n) is 4.39. The Balaban J connectivity index is 2.62. The van der Waals surface area contributed by atoms with E-state index in [4.69, 9.17) is 9.47 Å². The maximum absolute atomic E-state index is 11.8. The molecule has 1 aromatic carbocycles. The minimum Gasteiger partial charge on any atom is -0.486 e. The van der Waals surface area contributed by atoms with E-state index < -0.39 is 9.84 Å². The van der Waals surface area contributed by atoms with Gasteiger partial charge in [0.05, 0.1) is 4.90 Å². The normalized spacial score (nSPS) is 16.4. The highest BCUT2D eigenvalue weighted by molar-refractivity contribution is 7.90. The Kier molecular flexibility index (Phi) is 3.49. The molecule has 0 spiro atoms. The predicted octanol–water partition coefficient (Wildman–Crippen LogP) is 0.957. The number of aliphatic hydroxyl groups is 1. The molecule has 1 aromatic rings. The highest BCUT2D eigenvalue weighted by Crippen LogP contribution is 2.37. The van der Waals surface area contributed by atoms with E-state index in [1.807, 2.05) is 0 Å². The van der Waals surface area contributed by atoms with E-state index in [9.17, 15) is 13.5 Å². The van der Waals surface area contributed by atoms with Crippen LogP contribution in [0.5, 0.6) is 11.5 Å². The minimum atomic E-state index is -3.37. The number of rotatable bonds is 3. The Morgan fingerprint density at radius 3 is 2.33 bits per heavy atom. The summed E-state index contributed by atoms with van der Waals surface area (Å²) in [6, 6.07) is 3.12. The second kappa shape index (κ2) is 4.78. The largest absolute Gasteiger partial charge is 0.486 e. The van der Waals surface area contributed by atoms with E-state index in [0.717, 1.165) is 6.26 Å². The molecule has 1 aliphatic rings. The summed E-state index contributed by atoms with van der Waals surface area (Å²) >= 11 is 0. The van der Waals surface area contributed by atoms with Crippen LogP contribution in [-0.2, 0) is 9.84 Å². The Labute approximate surface area is 106 Å². The molecular weight excluding hydrogens is 256 g/mol. The molecule has 100 valence electrons. The molecule has 5 nitrogen and oxygen atoms in total. The number of benzene rings is 1. The van der Waals surface area contributed by atoms with Gasteiger partial charge in [-0.1, -0.05) is 6.92 Å². The van der Waals surface area contributed by atoms with Gasteiger partial charge in [0.2, 0.25) is 0 Å². The smallest absolute Gasteiger partial charge is 0.175 e. The summed E-state index contributed by atoms with van der Waals surface area (Å²) in [6.07, 6.45) is 1.14. The zero-order chi connectivity index (χ0) is 13.3. The fourth-order valence-electron chi connectivity index (χ4n) is 1.89. The average Bonchev–Trinajstić information content (AvgIpc) is 2.35. The molecule has 1 unspecified atom stereocenters. The van der Waals surface area contributed by atoms with Crippen molar-refractivity contribution in [2.24, 2.45) is 0 Å². The monoisotopic (exact) mass is 272 g/mol. The molecule has 0 radical (unpaired) electrons. The lowest BCUT2D eigenvalue weighted by atomic mass is 10.0. The first kappa shape index (κ1) is 13.2. The third-order valence-corrected chi connectivity index (χ3v) is 4.03. The van der Waals surface area contributed by atoms with Crippen LogP contribution in [0.4, 0.5) is 0 Å². The lowest BCUT2D eigenvalue weighted by Crippen LogP contribution is -2.17. The molecule has 0 amide bonds. The first-order valence-corrected chi connectivity index (χ1v) is 7.57. The maximum Gasteiger partial charge on any atom is 0.175 e. The number of hydrogen-bond acceptors (Lipinski definition) is 5. The topological polar surface area (TPSA) is 72.8 Å². The molecule has 0 aliphatic carbocycles. The summed E-state index contributed by atoms with van der Waals surface area (Å²) in [5.41, 5.74) is 0.559. The van der Waals surface area contributed by atoms with Gasteiger partial charge in [0.25, 0.3) is 0 Å². The van der Waals surface area contributed by atoms with Crippen molar-refractivity contribution in [3.05, 3.63) is 17.7 Å². The van der Waals surface area contributed by atoms with Crippen molar-refractivity contribution in [2.45, 2.75) is 17.7 Å². The lowest BCUT2D eigenvalue weighted by Gasteiger charge is -2.22. The Hall–Kier alpha value is -1.27. The maximum atomic E-state index is 11.8. The standard InChI is InChI=1S/C12H16O5S/c1-8(7-13)9-5-10-11(17-4-3-16-10)6-12(9)18(2,14)15/h5-6,8,13H,3-4,7H2,1-2H3. The zero-order valence-electron chi connectivity index (χ0n) is 10.3. The Bertz CT molecular complexity index is 550. The van der Waals surface area contributed by atoms with Crippen LogP contribution in [0.2, 0.25) is 0 Å². The van der Waals surface area contributed by atoms with E-state index in [2.05, 4.69) is 0 Å². The van der Waals surface area contributed by atoms with E-state index in [0.29, 0.717) is 30.3 Å². The van der Waals surface area contributed by atoms with Crippen LogP contribution in [0.25, 0.3) is 0 Å². The van der Waals surface area contributed by atoms with Gasteiger partial charge < -0.3 is 14.6 Å². The molecule has 0 saturated heterocycles. The third-order valence-electron chi connectivity index (χ3n) is 2.88. The van der Waals surface area contributed by atoms with E-state index >= 15 is 0 Å². The molecule has 0 aromatic heterocycles. The van der Waals surface area contributed by atoms with Crippen LogP contribution in [0.15, 0.2) is 17.0 Å². The van der Waals surface area contributed by atoms with Gasteiger partial charge in [0, 0.05) is 24.8 Å². The first-order valence-electron chi connectivity index (χ1n) is 5.68. The fraction of sp³-hybridized carbons (Fsp3) is 0.500. The van der Waals surface area contributed by atoms with Crippen LogP contribution in [-0.4, -0.2) is 39.6 Å². The number of fused-ring (bicyclic) bond motifs is 1. The number of sulfone groups is 1. The quantitative estimate of drug-likeness (QED) is 0.887. The SMILES string of the molecule is CC(CO)c1cc2c(cc1S(C)(=O)=O)OCCO2. The molecule has 0 bridgehead atoms. The number of aliphatic hydroxyl groups excluding tert-OH is 1. The summed E-state index contributed by atoms with van der Waals surface area (Å²) < 4.78 is 34.4. The summed E-state index contributed by atoms with van der Waals surface area (Å²) in [5.74, 6) is 0.699. The van der Waals surface area contributed by atoms with Gasteiger partial charge in [-0.2, -0.15) is 0 Å². The molecule has 1 heterocycles. The van der Waals surface area contributed by atoms with E-state index in [1.165, 1.54) is 6.07 Å². The first-order chi connectivity index (χ1) is 8.43. The van der Waals surface area contributed by atoms with Crippen molar-refractivity contribution in [1.29, 1.82) is 0 Å². The van der Waals surface area contributed by atoms with Gasteiger partial charge in [-0.25, -0.2) is 8.42 Å². The summed E-state index contributed by atoms with van der Waals surface area (Å²) in [4.78, 5) is 0.188. The van der Waals surface area contributed by atoms with Crippen molar-refractivity contribution < 1.29 is 23.0 Å². The van der Waals surface area contributed by atoms with Gasteiger partial charge in [-0.15, -0.1) is 0 Å². The molecule has 1 N–H and O–H groups in total. The summed E-state index contributed by atoms with van der Waals surface area (Å²) in [5, 5.41) is 9.22. The Morgan fingerprint density at radius 2 is 1.83 bits per heavy atom. The average molecular weight is 272 g/mol. The van der Waals surface area contributed by atoms with Gasteiger partial charge in [-0.3, -0.25) is 0 Å². The highest BCUT2D eigenvalue weighted by Gasteiger charge is 2.23. The van der Waals surface area contributed by atoms with Crippen molar-refractivity contribution in [3.63, 3.8) is 0 Å². The molecule has 18 heavy (non-hydrogen) atoms. The highest BCUT2D eigenvalue weighted by atomic mass is 32.2. The molecule has 0 saturated carbocycles. The molecule has 1 atom stereocenters. The second-order valence-corrected chi connectivity index (χ2v) is 6.37.